The van der Waals surface area contributed by atoms with Crippen LogP contribution in [0.4, 0.5) is 13.2 Å². The highest BCUT2D eigenvalue weighted by molar-refractivity contribution is 6.08. The molecule has 1 aliphatic carbocycles. The number of imide groups is 1. The lowest BCUT2D eigenvalue weighted by Gasteiger charge is -2.21. The van der Waals surface area contributed by atoms with Gasteiger partial charge in [0.2, 0.25) is 17.7 Å². The Labute approximate surface area is 165 Å². The van der Waals surface area contributed by atoms with Crippen molar-refractivity contribution >= 4 is 17.7 Å². The maximum absolute atomic E-state index is 12.7. The fourth-order valence-corrected chi connectivity index (χ4v) is 3.52. The Morgan fingerprint density at radius 3 is 2.41 bits per heavy atom. The minimum atomic E-state index is -4.46. The Morgan fingerprint density at radius 2 is 1.83 bits per heavy atom. The van der Waals surface area contributed by atoms with Crippen LogP contribution in [0.5, 0.6) is 0 Å². The lowest BCUT2D eigenvalue weighted by Crippen LogP contribution is -2.48. The molecule has 1 aromatic carbocycles. The minimum Gasteiger partial charge on any atom is -0.343 e. The molecule has 1 saturated heterocycles. The van der Waals surface area contributed by atoms with Crippen LogP contribution in [0.15, 0.2) is 36.4 Å². The summed E-state index contributed by atoms with van der Waals surface area (Å²) >= 11 is 0. The van der Waals surface area contributed by atoms with Gasteiger partial charge < -0.3 is 5.32 Å². The van der Waals surface area contributed by atoms with Gasteiger partial charge in [-0.2, -0.15) is 13.2 Å². The van der Waals surface area contributed by atoms with Crippen LogP contribution in [0, 0.1) is 23.7 Å². The molecule has 1 fully saturated rings. The first kappa shape index (κ1) is 20.6. The van der Waals surface area contributed by atoms with Gasteiger partial charge in [-0.3, -0.25) is 19.3 Å². The summed E-state index contributed by atoms with van der Waals surface area (Å²) in [5.41, 5.74) is -0.632. The highest BCUT2D eigenvalue weighted by Crippen LogP contribution is 2.36. The number of likely N-dealkylation sites (tertiary alicyclic amines) is 1. The molecule has 0 unspecified atom stereocenters. The monoisotopic (exact) mass is 404 g/mol. The normalized spacial score (nSPS) is 22.0. The topological polar surface area (TPSA) is 66.5 Å². The molecule has 152 valence electrons. The summed E-state index contributed by atoms with van der Waals surface area (Å²) in [4.78, 5) is 38.3. The number of hydrogen-bond acceptors (Lipinski definition) is 3. The Kier molecular flexibility index (Phi) is 5.78. The van der Waals surface area contributed by atoms with Gasteiger partial charge in [-0.15, -0.1) is 0 Å². The molecule has 1 heterocycles. The lowest BCUT2D eigenvalue weighted by molar-refractivity contribution is -0.147. The second kappa shape index (κ2) is 8.11. The molecule has 0 bridgehead atoms. The minimum absolute atomic E-state index is 0.121. The first-order valence-corrected chi connectivity index (χ1v) is 9.16. The van der Waals surface area contributed by atoms with Crippen LogP contribution in [-0.4, -0.2) is 35.2 Å². The van der Waals surface area contributed by atoms with Crippen molar-refractivity contribution in [3.05, 3.63) is 47.5 Å². The highest BCUT2D eigenvalue weighted by Gasteiger charge is 2.50. The Balaban J connectivity index is 1.59. The number of carbonyl (C=O) groups is 3. The third-order valence-electron chi connectivity index (χ3n) is 5.08. The second-order valence-electron chi connectivity index (χ2n) is 6.98. The van der Waals surface area contributed by atoms with Crippen molar-refractivity contribution < 1.29 is 27.6 Å². The number of halogens is 3. The average molecular weight is 404 g/mol. The lowest BCUT2D eigenvalue weighted by atomic mass is 9.85. The number of amides is 3. The molecule has 8 heteroatoms. The molecule has 1 aromatic rings. The number of nitrogens with one attached hydrogen (secondary N) is 1. The largest absolute Gasteiger partial charge is 0.416 e. The van der Waals surface area contributed by atoms with Gasteiger partial charge in [-0.05, 0) is 38.0 Å². The SMILES string of the molecule is C[C@H](C(=O)NCC#Cc1cccc(C(F)(F)F)c1)N1C(=O)[C@H]2CC=CC[C@@H]2C1=O. The van der Waals surface area contributed by atoms with Crippen LogP contribution in [0.1, 0.15) is 30.9 Å². The summed E-state index contributed by atoms with van der Waals surface area (Å²) in [6.45, 7) is 1.35. The van der Waals surface area contributed by atoms with Gasteiger partial charge in [0.05, 0.1) is 23.9 Å². The third kappa shape index (κ3) is 4.34. The second-order valence-corrected chi connectivity index (χ2v) is 6.98. The maximum Gasteiger partial charge on any atom is 0.416 e. The summed E-state index contributed by atoms with van der Waals surface area (Å²) < 4.78 is 38.1. The van der Waals surface area contributed by atoms with E-state index in [4.69, 9.17) is 0 Å². The van der Waals surface area contributed by atoms with E-state index in [2.05, 4.69) is 17.2 Å². The highest BCUT2D eigenvalue weighted by atomic mass is 19.4. The third-order valence-corrected chi connectivity index (χ3v) is 5.08. The summed E-state index contributed by atoms with van der Waals surface area (Å²) in [5.74, 6) is 3.08. The van der Waals surface area contributed by atoms with Crippen LogP contribution in [-0.2, 0) is 20.6 Å². The number of hydrogen-bond donors (Lipinski definition) is 1. The molecule has 0 saturated carbocycles. The average Bonchev–Trinajstić information content (AvgIpc) is 2.95. The quantitative estimate of drug-likeness (QED) is 0.478. The molecule has 29 heavy (non-hydrogen) atoms. The fraction of sp³-hybridized carbons (Fsp3) is 0.381. The fourth-order valence-electron chi connectivity index (χ4n) is 3.52. The standard InChI is InChI=1S/C21H19F3N2O3/c1-13(26-19(28)16-9-2-3-10-17(16)20(26)29)18(27)25-11-5-7-14-6-4-8-15(12-14)21(22,23)24/h2-4,6,8,12-13,16-17H,9-11H2,1H3,(H,25,27)/t13-,16+,17+/m1/s1. The molecule has 2 aliphatic rings. The van der Waals surface area contributed by atoms with Crippen LogP contribution in [0.25, 0.3) is 0 Å². The number of alkyl halides is 3. The number of allylic oxidation sites excluding steroid dienone is 2. The number of fused-ring (bicyclic) bond motifs is 1. The molecule has 3 atom stereocenters. The van der Waals surface area contributed by atoms with Crippen molar-refractivity contribution in [3.8, 4) is 11.8 Å². The van der Waals surface area contributed by atoms with E-state index < -0.39 is 35.5 Å². The van der Waals surface area contributed by atoms with Gasteiger partial charge in [-0.25, -0.2) is 0 Å². The first-order chi connectivity index (χ1) is 13.7. The number of rotatable bonds is 3. The van der Waals surface area contributed by atoms with Crippen molar-refractivity contribution in [2.75, 3.05) is 6.54 Å². The van der Waals surface area contributed by atoms with Gasteiger partial charge in [0.15, 0.2) is 0 Å². The van der Waals surface area contributed by atoms with Gasteiger partial charge in [0, 0.05) is 5.56 Å². The molecular formula is C21H19F3N2O3. The van der Waals surface area contributed by atoms with Crippen LogP contribution < -0.4 is 5.32 Å². The van der Waals surface area contributed by atoms with Gasteiger partial charge in [-0.1, -0.05) is 30.1 Å². The molecule has 1 aliphatic heterocycles. The smallest absolute Gasteiger partial charge is 0.343 e. The zero-order valence-corrected chi connectivity index (χ0v) is 15.6. The number of benzene rings is 1. The van der Waals surface area contributed by atoms with E-state index in [-0.39, 0.29) is 23.9 Å². The van der Waals surface area contributed by atoms with E-state index in [9.17, 15) is 27.6 Å². The number of nitrogens with zero attached hydrogens (tertiary/aromatic N) is 1. The van der Waals surface area contributed by atoms with Crippen molar-refractivity contribution in [2.24, 2.45) is 11.8 Å². The van der Waals surface area contributed by atoms with E-state index in [1.165, 1.54) is 19.1 Å². The van der Waals surface area contributed by atoms with E-state index in [0.29, 0.717) is 12.8 Å². The summed E-state index contributed by atoms with van der Waals surface area (Å²) in [6, 6.07) is 3.59. The number of carbonyl (C=O) groups excluding carboxylic acids is 3. The van der Waals surface area contributed by atoms with Crippen molar-refractivity contribution in [2.45, 2.75) is 32.0 Å². The summed E-state index contributed by atoms with van der Waals surface area (Å²) in [5, 5.41) is 2.50. The Bertz CT molecular complexity index is 901. The van der Waals surface area contributed by atoms with Crippen molar-refractivity contribution in [1.82, 2.24) is 10.2 Å². The molecular weight excluding hydrogens is 385 g/mol. The van der Waals surface area contributed by atoms with Gasteiger partial charge >= 0.3 is 6.18 Å². The van der Waals surface area contributed by atoms with Crippen LogP contribution >= 0.6 is 0 Å². The van der Waals surface area contributed by atoms with E-state index in [0.717, 1.165) is 17.0 Å². The molecule has 0 spiro atoms. The molecule has 0 radical (unpaired) electrons. The molecule has 3 rings (SSSR count). The van der Waals surface area contributed by atoms with Crippen LogP contribution in [0.3, 0.4) is 0 Å². The first-order valence-electron chi connectivity index (χ1n) is 9.16. The summed E-state index contributed by atoms with van der Waals surface area (Å²) in [7, 11) is 0. The molecule has 5 nitrogen and oxygen atoms in total. The van der Waals surface area contributed by atoms with E-state index >= 15 is 0 Å². The van der Waals surface area contributed by atoms with Crippen LogP contribution in [0.2, 0.25) is 0 Å². The Morgan fingerprint density at radius 1 is 1.21 bits per heavy atom. The van der Waals surface area contributed by atoms with Gasteiger partial charge in [0.25, 0.3) is 0 Å². The maximum atomic E-state index is 12.7. The molecule has 1 N–H and O–H groups in total. The van der Waals surface area contributed by atoms with Crippen molar-refractivity contribution in [3.63, 3.8) is 0 Å². The van der Waals surface area contributed by atoms with Crippen molar-refractivity contribution in [1.29, 1.82) is 0 Å². The molecule has 0 aromatic heterocycles. The molecule has 3 amide bonds. The Hall–Kier alpha value is -3.08. The predicted octanol–water partition coefficient (Wildman–Crippen LogP) is 2.51. The van der Waals surface area contributed by atoms with E-state index in [1.807, 2.05) is 12.2 Å². The zero-order chi connectivity index (χ0) is 21.2. The van der Waals surface area contributed by atoms with E-state index in [1.54, 1.807) is 0 Å². The summed E-state index contributed by atoms with van der Waals surface area (Å²) in [6.07, 6.45) is 0.252. The van der Waals surface area contributed by atoms with Gasteiger partial charge in [0.1, 0.15) is 6.04 Å². The zero-order valence-electron chi connectivity index (χ0n) is 15.6. The predicted molar refractivity (Wildman–Crippen MR) is 98.0 cm³/mol.